The van der Waals surface area contributed by atoms with Crippen molar-refractivity contribution in [1.29, 1.82) is 0 Å². The third-order valence-corrected chi connectivity index (χ3v) is 6.65. The molecule has 3 aromatic heterocycles. The molecule has 3 aromatic rings. The fourth-order valence-corrected chi connectivity index (χ4v) is 5.21. The third kappa shape index (κ3) is 3.50. The lowest BCUT2D eigenvalue weighted by Crippen LogP contribution is -2.07. The Hall–Kier alpha value is -2.59. The molecule has 1 aliphatic carbocycles. The van der Waals surface area contributed by atoms with Gasteiger partial charge in [0.15, 0.2) is 12.4 Å². The van der Waals surface area contributed by atoms with Crippen molar-refractivity contribution in [3.8, 4) is 0 Å². The second-order valence-corrected chi connectivity index (χ2v) is 8.39. The molecule has 0 spiro atoms. The molecule has 0 saturated heterocycles. The zero-order chi connectivity index (χ0) is 19.0. The van der Waals surface area contributed by atoms with Crippen LogP contribution in [0.4, 0.5) is 10.8 Å². The summed E-state index contributed by atoms with van der Waals surface area (Å²) in [6.07, 6.45) is 5.57. The van der Waals surface area contributed by atoms with Crippen LogP contribution in [0.3, 0.4) is 0 Å². The first-order valence-electron chi connectivity index (χ1n) is 8.51. The number of carbonyl (C=O) groups excluding carboxylic acids is 1. The molecular weight excluding hydrogens is 388 g/mol. The summed E-state index contributed by atoms with van der Waals surface area (Å²) >= 11 is 2.41. The van der Waals surface area contributed by atoms with Crippen molar-refractivity contribution in [3.05, 3.63) is 43.4 Å². The van der Waals surface area contributed by atoms with Crippen molar-refractivity contribution in [2.45, 2.75) is 38.7 Å². The van der Waals surface area contributed by atoms with Gasteiger partial charge in [0.2, 0.25) is 0 Å². The predicted molar refractivity (Wildman–Crippen MR) is 103 cm³/mol. The van der Waals surface area contributed by atoms with E-state index in [9.17, 15) is 14.9 Å². The zero-order valence-electron chi connectivity index (χ0n) is 14.3. The topological polar surface area (TPSA) is 121 Å². The summed E-state index contributed by atoms with van der Waals surface area (Å²) in [5.74, 6) is 0.102. The highest BCUT2D eigenvalue weighted by atomic mass is 32.1. The van der Waals surface area contributed by atoms with E-state index in [4.69, 9.17) is 10.5 Å². The number of esters is 1. The molecule has 4 rings (SSSR count). The van der Waals surface area contributed by atoms with E-state index in [1.807, 2.05) is 0 Å². The number of nitrogens with zero attached hydrogens (tertiary/aromatic N) is 3. The molecular formula is C17H16N4O4S2. The Bertz CT molecular complexity index is 1040. The highest BCUT2D eigenvalue weighted by Crippen LogP contribution is 2.37. The Labute approximate surface area is 162 Å². The number of carbonyl (C=O) groups is 1. The van der Waals surface area contributed by atoms with Crippen molar-refractivity contribution in [1.82, 2.24) is 9.97 Å². The molecule has 0 aromatic carbocycles. The van der Waals surface area contributed by atoms with Gasteiger partial charge in [-0.05, 0) is 37.3 Å². The first-order valence-corrected chi connectivity index (χ1v) is 10.1. The van der Waals surface area contributed by atoms with Crippen molar-refractivity contribution >= 4 is 49.7 Å². The van der Waals surface area contributed by atoms with Gasteiger partial charge in [-0.1, -0.05) is 17.8 Å². The quantitative estimate of drug-likeness (QED) is 0.303. The van der Waals surface area contributed by atoms with Gasteiger partial charge >= 0.3 is 11.0 Å². The highest BCUT2D eigenvalue weighted by molar-refractivity contribution is 7.19. The fraction of sp³-hybridized carbons (Fsp3) is 0.353. The van der Waals surface area contributed by atoms with Gasteiger partial charge < -0.3 is 10.5 Å². The average Bonchev–Trinajstić information content (AvgIpc) is 3.20. The molecule has 27 heavy (non-hydrogen) atoms. The number of thiophene rings is 2. The number of nitrogens with two attached hydrogens (primary N) is 1. The van der Waals surface area contributed by atoms with Crippen molar-refractivity contribution in [3.63, 3.8) is 0 Å². The molecule has 2 N–H and O–H groups in total. The van der Waals surface area contributed by atoms with E-state index in [1.54, 1.807) is 11.3 Å². The minimum absolute atomic E-state index is 0.107. The van der Waals surface area contributed by atoms with Crippen LogP contribution in [0.5, 0.6) is 0 Å². The summed E-state index contributed by atoms with van der Waals surface area (Å²) in [5, 5.41) is 11.5. The summed E-state index contributed by atoms with van der Waals surface area (Å²) in [4.78, 5) is 33.4. The lowest BCUT2D eigenvalue weighted by molar-refractivity contribution is -0.380. The lowest BCUT2D eigenvalue weighted by atomic mass is 10.1. The molecule has 0 amide bonds. The fourth-order valence-electron chi connectivity index (χ4n) is 3.21. The second-order valence-electron chi connectivity index (χ2n) is 6.24. The van der Waals surface area contributed by atoms with Gasteiger partial charge in [-0.3, -0.25) is 10.1 Å². The molecule has 140 valence electrons. The SMILES string of the molecule is Nc1nc(COC(=O)c2ccc([N+](=O)[O-])s2)nc2sc3c(c12)CCCCC3. The van der Waals surface area contributed by atoms with Crippen LogP contribution >= 0.6 is 22.7 Å². The molecule has 8 nitrogen and oxygen atoms in total. The number of ether oxygens (including phenoxy) is 1. The second kappa shape index (κ2) is 7.20. The largest absolute Gasteiger partial charge is 0.453 e. The molecule has 0 atom stereocenters. The molecule has 3 heterocycles. The Kier molecular flexibility index (Phi) is 4.75. The predicted octanol–water partition coefficient (Wildman–Crippen LogP) is 3.87. The standard InChI is InChI=1S/C17H16N4O4S2/c18-15-14-9-4-2-1-3-5-10(9)27-16(14)20-12(19-15)8-25-17(22)11-6-7-13(26-11)21(23)24/h6-7H,1-5,8H2,(H2,18,19,20). The molecule has 0 unspecified atom stereocenters. The third-order valence-electron chi connectivity index (χ3n) is 4.44. The number of rotatable bonds is 4. The summed E-state index contributed by atoms with van der Waals surface area (Å²) in [5.41, 5.74) is 7.44. The molecule has 0 fully saturated rings. The Morgan fingerprint density at radius 3 is 2.81 bits per heavy atom. The normalized spacial score (nSPS) is 13.9. The molecule has 0 aliphatic heterocycles. The maximum absolute atomic E-state index is 12.1. The minimum Gasteiger partial charge on any atom is -0.453 e. The number of nitro groups is 1. The average molecular weight is 404 g/mol. The van der Waals surface area contributed by atoms with E-state index in [-0.39, 0.29) is 16.5 Å². The van der Waals surface area contributed by atoms with E-state index < -0.39 is 10.9 Å². The molecule has 1 aliphatic rings. The Morgan fingerprint density at radius 1 is 1.22 bits per heavy atom. The monoisotopic (exact) mass is 404 g/mol. The van der Waals surface area contributed by atoms with Crippen LogP contribution in [-0.4, -0.2) is 20.9 Å². The molecule has 0 bridgehead atoms. The summed E-state index contributed by atoms with van der Waals surface area (Å²) < 4.78 is 5.21. The number of hydrogen-bond donors (Lipinski definition) is 1. The van der Waals surface area contributed by atoms with Crippen LogP contribution in [-0.2, 0) is 24.2 Å². The van der Waals surface area contributed by atoms with Crippen molar-refractivity contribution < 1.29 is 14.5 Å². The van der Waals surface area contributed by atoms with E-state index in [0.29, 0.717) is 11.6 Å². The van der Waals surface area contributed by atoms with Crippen molar-refractivity contribution in [2.75, 3.05) is 5.73 Å². The van der Waals surface area contributed by atoms with Crippen molar-refractivity contribution in [2.24, 2.45) is 0 Å². The van der Waals surface area contributed by atoms with Crippen LogP contribution in [0.15, 0.2) is 12.1 Å². The highest BCUT2D eigenvalue weighted by Gasteiger charge is 2.20. The first-order chi connectivity index (χ1) is 13.0. The molecule has 0 radical (unpaired) electrons. The summed E-state index contributed by atoms with van der Waals surface area (Å²) in [7, 11) is 0. The summed E-state index contributed by atoms with van der Waals surface area (Å²) in [6.45, 7) is -0.132. The minimum atomic E-state index is -0.641. The van der Waals surface area contributed by atoms with Crippen LogP contribution in [0.1, 0.15) is 45.2 Å². The van der Waals surface area contributed by atoms with Gasteiger partial charge in [-0.25, -0.2) is 14.8 Å². The Morgan fingerprint density at radius 2 is 2.04 bits per heavy atom. The smallest absolute Gasteiger partial charge is 0.348 e. The summed E-state index contributed by atoms with van der Waals surface area (Å²) in [6, 6.07) is 2.65. The van der Waals surface area contributed by atoms with E-state index in [0.717, 1.165) is 40.8 Å². The van der Waals surface area contributed by atoms with E-state index in [2.05, 4.69) is 9.97 Å². The van der Waals surface area contributed by atoms with Crippen LogP contribution in [0.2, 0.25) is 0 Å². The Balaban J connectivity index is 1.54. The van der Waals surface area contributed by atoms with Crippen LogP contribution < -0.4 is 5.73 Å². The number of aryl methyl sites for hydroxylation is 2. The van der Waals surface area contributed by atoms with Gasteiger partial charge in [0, 0.05) is 10.9 Å². The lowest BCUT2D eigenvalue weighted by Gasteiger charge is -2.05. The zero-order valence-corrected chi connectivity index (χ0v) is 15.9. The van der Waals surface area contributed by atoms with Crippen LogP contribution in [0, 0.1) is 10.1 Å². The number of nitrogen functional groups attached to an aromatic ring is 1. The van der Waals surface area contributed by atoms with Crippen LogP contribution in [0.25, 0.3) is 10.2 Å². The van der Waals surface area contributed by atoms with Gasteiger partial charge in [-0.15, -0.1) is 11.3 Å². The van der Waals surface area contributed by atoms with E-state index >= 15 is 0 Å². The maximum Gasteiger partial charge on any atom is 0.348 e. The molecule has 10 heteroatoms. The first kappa shape index (κ1) is 17.8. The maximum atomic E-state index is 12.1. The number of anilines is 1. The van der Waals surface area contributed by atoms with Gasteiger partial charge in [-0.2, -0.15) is 0 Å². The number of fused-ring (bicyclic) bond motifs is 3. The number of hydrogen-bond acceptors (Lipinski definition) is 9. The van der Waals surface area contributed by atoms with E-state index in [1.165, 1.54) is 35.4 Å². The van der Waals surface area contributed by atoms with Gasteiger partial charge in [0.05, 0.1) is 10.3 Å². The van der Waals surface area contributed by atoms with Gasteiger partial charge in [0.25, 0.3) is 0 Å². The van der Waals surface area contributed by atoms with Gasteiger partial charge in [0.1, 0.15) is 15.5 Å². The number of aromatic nitrogens is 2. The molecule has 0 saturated carbocycles.